The monoisotopic (exact) mass is 2060 g/mol. The number of hydrogen-bond donors (Lipinski definition) is 7. The van der Waals surface area contributed by atoms with Crippen molar-refractivity contribution < 1.29 is 74.9 Å². The summed E-state index contributed by atoms with van der Waals surface area (Å²) in [6, 6.07) is 40.7. The molecule has 0 atom stereocenters. The van der Waals surface area contributed by atoms with Crippen LogP contribution in [0.2, 0.25) is 40.2 Å². The molecule has 0 aliphatic carbocycles. The van der Waals surface area contributed by atoms with Gasteiger partial charge in [0.05, 0.1) is 77.3 Å². The van der Waals surface area contributed by atoms with E-state index in [0.29, 0.717) is 54.7 Å². The number of ketones is 4. The zero-order valence-corrected chi connectivity index (χ0v) is 81.6. The number of halogens is 12. The van der Waals surface area contributed by atoms with Crippen molar-refractivity contribution in [2.45, 2.75) is 64.7 Å². The van der Waals surface area contributed by atoms with Crippen molar-refractivity contribution in [1.29, 1.82) is 16.2 Å². The summed E-state index contributed by atoms with van der Waals surface area (Å²) in [6.45, 7) is 5.95. The molecule has 0 saturated carbocycles. The van der Waals surface area contributed by atoms with Gasteiger partial charge in [0.15, 0.2) is 23.1 Å². The second-order valence-electron chi connectivity index (χ2n) is 31.7. The third-order valence-corrected chi connectivity index (χ3v) is 24.0. The highest BCUT2D eigenvalue weighted by atomic mass is 35.5. The fourth-order valence-electron chi connectivity index (χ4n) is 15.2. The number of ether oxygens (including phenoxy) is 4. The second-order valence-corrected chi connectivity index (χ2v) is 35.2. The normalized spacial score (nSPS) is 12.5. The van der Waals surface area contributed by atoms with E-state index in [-0.39, 0.29) is 176 Å². The van der Waals surface area contributed by atoms with Crippen molar-refractivity contribution in [2.75, 3.05) is 96.0 Å². The Kier molecular flexibility index (Phi) is 36.6. The minimum absolute atomic E-state index is 0.0896. The number of benzene rings is 8. The van der Waals surface area contributed by atoms with Crippen LogP contribution >= 0.6 is 92.8 Å². The minimum atomic E-state index is -0.747. The molecule has 0 bridgehead atoms. The molecule has 3 aliphatic rings. The molecule has 12 aromatic rings. The van der Waals surface area contributed by atoms with Crippen LogP contribution in [0.3, 0.4) is 0 Å². The van der Waals surface area contributed by atoms with E-state index in [1.807, 2.05) is 21.7 Å². The lowest BCUT2D eigenvalue weighted by molar-refractivity contribution is 0.0975. The molecule has 39 heteroatoms. The van der Waals surface area contributed by atoms with Gasteiger partial charge in [-0.2, -0.15) is 0 Å². The average molecular weight is 2060 g/mol. The van der Waals surface area contributed by atoms with Crippen LogP contribution in [-0.2, 0) is 25.7 Å². The molecule has 3 aliphatic heterocycles. The Morgan fingerprint density at radius 3 is 0.857 bits per heavy atom. The number of rotatable bonds is 28. The predicted octanol–water partition coefficient (Wildman–Crippen LogP) is 22.2. The fraction of sp³-hybridized carbons (Fsp3) is 0.208. The smallest absolute Gasteiger partial charge is 0.257 e. The van der Waals surface area contributed by atoms with E-state index in [0.717, 1.165) is 70.9 Å². The zero-order chi connectivity index (χ0) is 101. The molecule has 4 aromatic heterocycles. The van der Waals surface area contributed by atoms with E-state index in [9.17, 15) is 51.5 Å². The lowest BCUT2D eigenvalue weighted by Crippen LogP contribution is -2.35. The van der Waals surface area contributed by atoms with Crippen LogP contribution in [0, 0.1) is 39.5 Å². The highest BCUT2D eigenvalue weighted by Gasteiger charge is 2.31. The standard InChI is InChI=1S/C27H25Cl2FN4O3.C26H23Cl2FN4O3.C25H21Cl2FN4O3.C23H18Cl2FN3O3/c1-37-24-13-18(29)12-21(27(36)33-25-8-6-17(28)15-32-25)20(24)14-23(35)19-7-5-16(11-22(19)30)26(31)34-9-3-2-4-10-34;1-36-23-12-17(28)11-20(26(35)32-24-7-5-16(27)14-31-24)19(23)13-22(34)18-6-4-15(10-21(18)29)25(30)33-8-2-3-9-33;1-32-8-7-29-24(32)14-3-5-17(20(28)9-14)21(33)12-18-19(10-16(27)11-22(18)35-2)25(34)31-23-6-4-15(26)13-30-23;1-12(27)13-3-5-16(19(26)7-13)20(30)10-17-18(8-15(25)9-21(17)32-2)23(31)29-22-6-4-14(24)11-28-22/h5-8,11-13,15,31H,2-4,9-10,14H2,1H3,(H,32,33,36);4-7,10-12,14,30H,2-3,8-9,13H2,1H3,(H,31,32,35);3-6,9-11,13H,7-8,12H2,1-2H3,(H,30,31,34);3-9,11,27H,10H2,1-2H3,(H,28,29,31). The van der Waals surface area contributed by atoms with E-state index in [1.165, 1.54) is 181 Å². The van der Waals surface area contributed by atoms with E-state index < -0.39 is 70.0 Å². The van der Waals surface area contributed by atoms with Crippen molar-refractivity contribution in [3.63, 3.8) is 0 Å². The molecule has 0 spiro atoms. The number of amidine groups is 3. The quantitative estimate of drug-likeness (QED) is 0.0104. The summed E-state index contributed by atoms with van der Waals surface area (Å²) in [4.78, 5) is 131. The number of nitrogens with zero attached hydrogens (tertiary/aromatic N) is 8. The molecular weight excluding hydrogens is 1970 g/mol. The van der Waals surface area contributed by atoms with Gasteiger partial charge in [0, 0.05) is 177 Å². The molecule has 15 rings (SSSR count). The summed E-state index contributed by atoms with van der Waals surface area (Å²) >= 11 is 48.1. The number of methoxy groups -OCH3 is 4. The molecule has 140 heavy (non-hydrogen) atoms. The zero-order valence-electron chi connectivity index (χ0n) is 75.6. The van der Waals surface area contributed by atoms with Gasteiger partial charge in [-0.05, 0) is 190 Å². The van der Waals surface area contributed by atoms with Crippen LogP contribution < -0.4 is 40.2 Å². The minimum Gasteiger partial charge on any atom is -0.496 e. The van der Waals surface area contributed by atoms with Crippen molar-refractivity contribution in [3.8, 4) is 23.0 Å². The van der Waals surface area contributed by atoms with Gasteiger partial charge in [-0.25, -0.2) is 37.5 Å². The number of piperidine rings is 1. The topological polar surface area (TPSA) is 367 Å². The van der Waals surface area contributed by atoms with Crippen molar-refractivity contribution in [2.24, 2.45) is 4.99 Å². The molecule has 0 radical (unpaired) electrons. The highest BCUT2D eigenvalue weighted by Crippen LogP contribution is 2.37. The number of likely N-dealkylation sites (tertiary alicyclic amines) is 2. The average Bonchev–Trinajstić information content (AvgIpc) is 1.39. The van der Waals surface area contributed by atoms with Crippen LogP contribution in [0.5, 0.6) is 23.0 Å². The number of hydrogen-bond acceptors (Lipinski definition) is 21. The first-order valence-electron chi connectivity index (χ1n) is 43.0. The number of anilines is 4. The highest BCUT2D eigenvalue weighted by molar-refractivity contribution is 6.34. The second kappa shape index (κ2) is 48.7. The van der Waals surface area contributed by atoms with Crippen LogP contribution in [0.15, 0.2) is 200 Å². The Balaban J connectivity index is 0.000000167. The Bertz CT molecular complexity index is 6820. The van der Waals surface area contributed by atoms with Gasteiger partial charge in [0.2, 0.25) is 0 Å². The molecule has 0 unspecified atom stereocenters. The summed E-state index contributed by atoms with van der Waals surface area (Å²) in [6.07, 6.45) is 9.43. The predicted molar refractivity (Wildman–Crippen MR) is 535 cm³/mol. The molecule has 8 aromatic carbocycles. The number of aromatic nitrogens is 4. The number of aliphatic imine (C=N–C) groups is 1. The van der Waals surface area contributed by atoms with Crippen LogP contribution in [0.25, 0.3) is 0 Å². The largest absolute Gasteiger partial charge is 0.496 e. The lowest BCUT2D eigenvalue weighted by Gasteiger charge is -2.29. The van der Waals surface area contributed by atoms with Crippen molar-refractivity contribution in [3.05, 3.63) is 347 Å². The SMILES string of the molecule is COc1cc(Cl)cc(C(=O)Nc2ccc(Cl)cn2)c1CC(=O)c1ccc(C(=N)N2CCCC2)cc1F.COc1cc(Cl)cc(C(=O)Nc2ccc(Cl)cn2)c1CC(=O)c1ccc(C(=N)N2CCCCC2)cc1F.COc1cc(Cl)cc(C(=O)Nc2ccc(Cl)cn2)c1CC(=O)c1ccc(C(C)=N)cc1F.COc1cc(Cl)cc(C(=O)Nc2ccc(Cl)cn2)c1CC(=O)c1ccc(C2=NCCN2C)cc1F. The Hall–Kier alpha value is -13.8. The number of Topliss-reactive ketones (excluding diaryl/α,β-unsaturated/α-hetero) is 4. The number of nitrogens with one attached hydrogen (secondary N) is 7. The molecule has 27 nitrogen and oxygen atoms in total. The van der Waals surface area contributed by atoms with Crippen LogP contribution in [0.1, 0.15) is 166 Å². The maximum Gasteiger partial charge on any atom is 0.257 e. The van der Waals surface area contributed by atoms with Gasteiger partial charge in [-0.15, -0.1) is 0 Å². The molecule has 2 saturated heterocycles. The molecule has 4 amide bonds. The number of likely N-dealkylation sites (N-methyl/N-ethyl adjacent to an activating group) is 1. The summed E-state index contributed by atoms with van der Waals surface area (Å²) in [7, 11) is 7.44. The van der Waals surface area contributed by atoms with E-state index in [2.05, 4.69) is 46.2 Å². The summed E-state index contributed by atoms with van der Waals surface area (Å²) in [5.74, 6) is -4.24. The molecule has 722 valence electrons. The summed E-state index contributed by atoms with van der Waals surface area (Å²) in [5.41, 5.74) is 2.86. The summed E-state index contributed by atoms with van der Waals surface area (Å²) in [5, 5.41) is 37.5. The Morgan fingerprint density at radius 1 is 0.336 bits per heavy atom. The van der Waals surface area contributed by atoms with Crippen molar-refractivity contribution >= 4 is 186 Å². The van der Waals surface area contributed by atoms with E-state index in [4.69, 9.17) is 128 Å². The number of carbonyl (C=O) groups excluding carboxylic acids is 8. The number of pyridine rings is 4. The molecule has 7 N–H and O–H groups in total. The molecular formula is C101H87Cl8F4N15O12. The third-order valence-electron chi connectivity index (χ3n) is 22.2. The molecule has 7 heterocycles. The van der Waals surface area contributed by atoms with Gasteiger partial charge in [-0.1, -0.05) is 117 Å². The number of amides is 4. The lowest BCUT2D eigenvalue weighted by atomic mass is 9.96. The molecule has 2 fully saturated rings. The maximum atomic E-state index is 15.1. The maximum absolute atomic E-state index is 15.1. The fourth-order valence-corrected chi connectivity index (χ4v) is 16.5. The first-order chi connectivity index (χ1) is 67.0. The van der Waals surface area contributed by atoms with Gasteiger partial charge in [0.25, 0.3) is 23.6 Å². The first kappa shape index (κ1) is 105. The first-order valence-corrected chi connectivity index (χ1v) is 46.0. The van der Waals surface area contributed by atoms with Crippen molar-refractivity contribution in [1.82, 2.24) is 34.6 Å². The third kappa shape index (κ3) is 27.2. The van der Waals surface area contributed by atoms with Gasteiger partial charge >= 0.3 is 0 Å². The van der Waals surface area contributed by atoms with E-state index >= 15 is 4.39 Å². The van der Waals surface area contributed by atoms with E-state index in [1.54, 1.807) is 42.5 Å². The van der Waals surface area contributed by atoms with Crippen LogP contribution in [-0.4, -0.2) is 179 Å². The van der Waals surface area contributed by atoms with Gasteiger partial charge < -0.3 is 60.3 Å². The summed E-state index contributed by atoms with van der Waals surface area (Å²) < 4.78 is 81.0. The van der Waals surface area contributed by atoms with Gasteiger partial charge in [0.1, 0.15) is 87.0 Å². The Labute approximate surface area is 841 Å². The van der Waals surface area contributed by atoms with Gasteiger partial charge in [-0.3, -0.25) is 54.2 Å². The number of carbonyl (C=O) groups is 8. The Morgan fingerprint density at radius 2 is 0.607 bits per heavy atom. The van der Waals surface area contributed by atoms with Crippen LogP contribution in [0.4, 0.5) is 40.8 Å².